The van der Waals surface area contributed by atoms with E-state index in [2.05, 4.69) is 25.1 Å². The second-order valence-electron chi connectivity index (χ2n) is 5.10. The molecule has 1 aromatic rings. The van der Waals surface area contributed by atoms with Crippen LogP contribution in [0.5, 0.6) is 0 Å². The monoisotopic (exact) mass is 246 g/mol. The van der Waals surface area contributed by atoms with Gasteiger partial charge < -0.3 is 10.6 Å². The molecule has 1 fully saturated rings. The van der Waals surface area contributed by atoms with Gasteiger partial charge >= 0.3 is 0 Å². The van der Waals surface area contributed by atoms with Gasteiger partial charge in [0.2, 0.25) is 5.91 Å². The Morgan fingerprint density at radius 2 is 2.22 bits per heavy atom. The largest absolute Gasteiger partial charge is 0.338 e. The molecule has 18 heavy (non-hydrogen) atoms. The third-order valence-corrected chi connectivity index (χ3v) is 3.39. The van der Waals surface area contributed by atoms with Crippen LogP contribution < -0.4 is 5.73 Å². The summed E-state index contributed by atoms with van der Waals surface area (Å²) in [7, 11) is 0. The van der Waals surface area contributed by atoms with Crippen molar-refractivity contribution >= 4 is 5.91 Å². The maximum Gasteiger partial charge on any atom is 0.223 e. The fourth-order valence-electron chi connectivity index (χ4n) is 2.30. The molecule has 2 N–H and O–H groups in total. The molecule has 3 heteroatoms. The average Bonchev–Trinajstić information content (AvgIpc) is 3.17. The van der Waals surface area contributed by atoms with Gasteiger partial charge in [0, 0.05) is 25.6 Å². The lowest BCUT2D eigenvalue weighted by atomic mass is 10.1. The topological polar surface area (TPSA) is 46.3 Å². The van der Waals surface area contributed by atoms with E-state index in [0.717, 1.165) is 19.3 Å². The van der Waals surface area contributed by atoms with E-state index in [4.69, 9.17) is 5.73 Å². The number of carbonyl (C=O) groups excluding carboxylic acids is 1. The lowest BCUT2D eigenvalue weighted by molar-refractivity contribution is -0.131. The predicted octanol–water partition coefficient (Wildman–Crippen LogP) is 1.88. The molecule has 0 aliphatic heterocycles. The van der Waals surface area contributed by atoms with E-state index >= 15 is 0 Å². The molecule has 98 valence electrons. The molecule has 1 aliphatic carbocycles. The Hall–Kier alpha value is -1.35. The molecule has 0 atom stereocenters. The predicted molar refractivity (Wildman–Crippen MR) is 73.3 cm³/mol. The van der Waals surface area contributed by atoms with Gasteiger partial charge in [-0.15, -0.1) is 0 Å². The number of carbonyl (C=O) groups is 1. The van der Waals surface area contributed by atoms with Gasteiger partial charge in [0.25, 0.3) is 0 Å². The highest BCUT2D eigenvalue weighted by molar-refractivity contribution is 5.77. The summed E-state index contributed by atoms with van der Waals surface area (Å²) in [6, 6.07) is 8.84. The Morgan fingerprint density at radius 1 is 1.44 bits per heavy atom. The molecule has 0 unspecified atom stereocenters. The Bertz CT molecular complexity index is 413. The summed E-state index contributed by atoms with van der Waals surface area (Å²) >= 11 is 0. The molecule has 0 spiro atoms. The summed E-state index contributed by atoms with van der Waals surface area (Å²) in [6.45, 7) is 3.35. The summed E-state index contributed by atoms with van der Waals surface area (Å²) < 4.78 is 0. The van der Waals surface area contributed by atoms with Gasteiger partial charge in [0.1, 0.15) is 0 Å². The number of rotatable bonds is 6. The zero-order valence-electron chi connectivity index (χ0n) is 11.1. The van der Waals surface area contributed by atoms with E-state index in [1.54, 1.807) is 0 Å². The molecule has 1 aliphatic rings. The molecule has 0 bridgehead atoms. The minimum absolute atomic E-state index is 0.254. The molecule has 0 radical (unpaired) electrons. The third kappa shape index (κ3) is 3.57. The second kappa shape index (κ2) is 6.01. The molecule has 0 saturated heterocycles. The molecular formula is C15H22N2O. The van der Waals surface area contributed by atoms with E-state index in [0.29, 0.717) is 25.6 Å². The Kier molecular flexibility index (Phi) is 4.37. The van der Waals surface area contributed by atoms with E-state index in [-0.39, 0.29) is 5.91 Å². The zero-order chi connectivity index (χ0) is 13.0. The first-order chi connectivity index (χ1) is 8.70. The van der Waals surface area contributed by atoms with Crippen LogP contribution >= 0.6 is 0 Å². The lowest BCUT2D eigenvalue weighted by Gasteiger charge is -2.21. The van der Waals surface area contributed by atoms with E-state index in [1.165, 1.54) is 11.1 Å². The Morgan fingerprint density at radius 3 is 2.83 bits per heavy atom. The van der Waals surface area contributed by atoms with Gasteiger partial charge in [0.15, 0.2) is 0 Å². The van der Waals surface area contributed by atoms with E-state index in [9.17, 15) is 4.79 Å². The number of hydrogen-bond acceptors (Lipinski definition) is 2. The minimum atomic E-state index is 0.254. The maximum absolute atomic E-state index is 12.1. The fraction of sp³-hybridized carbons (Fsp3) is 0.533. The molecular weight excluding hydrogens is 224 g/mol. The van der Waals surface area contributed by atoms with Gasteiger partial charge in [-0.05, 0) is 31.7 Å². The van der Waals surface area contributed by atoms with Crippen LogP contribution in [0, 0.1) is 6.92 Å². The Labute approximate surface area is 109 Å². The third-order valence-electron chi connectivity index (χ3n) is 3.39. The molecule has 0 heterocycles. The first-order valence-corrected chi connectivity index (χ1v) is 6.76. The summed E-state index contributed by atoms with van der Waals surface area (Å²) in [6.07, 6.45) is 3.72. The number of hydrogen-bond donors (Lipinski definition) is 1. The van der Waals surface area contributed by atoms with Crippen molar-refractivity contribution in [3.63, 3.8) is 0 Å². The van der Waals surface area contributed by atoms with Crippen LogP contribution in [-0.2, 0) is 11.2 Å². The summed E-state index contributed by atoms with van der Waals surface area (Å²) in [5, 5.41) is 0. The molecule has 2 rings (SSSR count). The average molecular weight is 246 g/mol. The number of amides is 1. The van der Waals surface area contributed by atoms with Crippen molar-refractivity contribution in [3.05, 3.63) is 35.4 Å². The van der Waals surface area contributed by atoms with Crippen molar-refractivity contribution in [1.29, 1.82) is 0 Å². The summed E-state index contributed by atoms with van der Waals surface area (Å²) in [5.74, 6) is 0.254. The van der Waals surface area contributed by atoms with Crippen LogP contribution in [-0.4, -0.2) is 29.9 Å². The van der Waals surface area contributed by atoms with Gasteiger partial charge in [-0.1, -0.05) is 29.8 Å². The molecule has 3 nitrogen and oxygen atoms in total. The van der Waals surface area contributed by atoms with Gasteiger partial charge in [-0.25, -0.2) is 0 Å². The summed E-state index contributed by atoms with van der Waals surface area (Å²) in [5.41, 5.74) is 8.06. The zero-order valence-corrected chi connectivity index (χ0v) is 11.1. The highest BCUT2D eigenvalue weighted by Crippen LogP contribution is 2.27. The smallest absolute Gasteiger partial charge is 0.223 e. The molecule has 1 aromatic carbocycles. The molecule has 1 amide bonds. The standard InChI is InChI=1S/C15H22N2O/c1-12-3-2-4-13(11-12)5-8-15(18)17(10-9-16)14-6-7-14/h2-4,11,14H,5-10,16H2,1H3. The Balaban J connectivity index is 1.86. The van der Waals surface area contributed by atoms with Gasteiger partial charge in [-0.3, -0.25) is 4.79 Å². The van der Waals surface area contributed by atoms with Crippen molar-refractivity contribution in [1.82, 2.24) is 4.90 Å². The van der Waals surface area contributed by atoms with Crippen LogP contribution in [0.3, 0.4) is 0 Å². The van der Waals surface area contributed by atoms with Crippen LogP contribution in [0.25, 0.3) is 0 Å². The summed E-state index contributed by atoms with van der Waals surface area (Å²) in [4.78, 5) is 14.1. The minimum Gasteiger partial charge on any atom is -0.338 e. The van der Waals surface area contributed by atoms with Crippen LogP contribution in [0.2, 0.25) is 0 Å². The number of nitrogens with zero attached hydrogens (tertiary/aromatic N) is 1. The van der Waals surface area contributed by atoms with Crippen molar-refractivity contribution in [2.45, 2.75) is 38.6 Å². The van der Waals surface area contributed by atoms with E-state index in [1.807, 2.05) is 11.0 Å². The highest BCUT2D eigenvalue weighted by atomic mass is 16.2. The van der Waals surface area contributed by atoms with Crippen molar-refractivity contribution in [2.24, 2.45) is 5.73 Å². The first-order valence-electron chi connectivity index (χ1n) is 6.76. The number of aryl methyl sites for hydroxylation is 2. The highest BCUT2D eigenvalue weighted by Gasteiger charge is 2.31. The van der Waals surface area contributed by atoms with Crippen LogP contribution in [0.4, 0.5) is 0 Å². The SMILES string of the molecule is Cc1cccc(CCC(=O)N(CCN)C2CC2)c1. The fourth-order valence-corrected chi connectivity index (χ4v) is 2.30. The van der Waals surface area contributed by atoms with E-state index < -0.39 is 0 Å². The number of nitrogens with two attached hydrogens (primary N) is 1. The number of benzene rings is 1. The van der Waals surface area contributed by atoms with Crippen molar-refractivity contribution in [2.75, 3.05) is 13.1 Å². The second-order valence-corrected chi connectivity index (χ2v) is 5.10. The van der Waals surface area contributed by atoms with Crippen molar-refractivity contribution < 1.29 is 4.79 Å². The quantitative estimate of drug-likeness (QED) is 0.833. The molecule has 0 aromatic heterocycles. The van der Waals surface area contributed by atoms with Crippen molar-refractivity contribution in [3.8, 4) is 0 Å². The first kappa shape index (κ1) is 13.1. The van der Waals surface area contributed by atoms with Crippen LogP contribution in [0.15, 0.2) is 24.3 Å². The normalized spacial score (nSPS) is 14.6. The maximum atomic E-state index is 12.1. The lowest BCUT2D eigenvalue weighted by Crippen LogP contribution is -2.37. The molecule has 1 saturated carbocycles. The van der Waals surface area contributed by atoms with Gasteiger partial charge in [-0.2, -0.15) is 0 Å². The van der Waals surface area contributed by atoms with Crippen LogP contribution in [0.1, 0.15) is 30.4 Å². The van der Waals surface area contributed by atoms with Gasteiger partial charge in [0.05, 0.1) is 0 Å².